The molecule has 90 valence electrons. The quantitative estimate of drug-likeness (QED) is 0.909. The molecule has 1 atom stereocenters. The maximum Gasteiger partial charge on any atom is 0.244 e. The van der Waals surface area contributed by atoms with E-state index in [1.54, 1.807) is 4.90 Å². The molecule has 0 bridgehead atoms. The summed E-state index contributed by atoms with van der Waals surface area (Å²) in [6.45, 7) is 7.30. The molecule has 0 aromatic carbocycles. The van der Waals surface area contributed by atoms with Crippen molar-refractivity contribution in [1.82, 2.24) is 9.88 Å². The highest BCUT2D eigenvalue weighted by atomic mass is 79.9. The average Bonchev–Trinajstić information content (AvgIpc) is 2.65. The minimum Gasteiger partial charge on any atom is -0.350 e. The van der Waals surface area contributed by atoms with E-state index in [-0.39, 0.29) is 11.9 Å². The summed E-state index contributed by atoms with van der Waals surface area (Å²) in [6, 6.07) is -0.238. The molecule has 1 unspecified atom stereocenters. The third-order valence-corrected chi connectivity index (χ3v) is 3.74. The van der Waals surface area contributed by atoms with Crippen LogP contribution in [0.4, 0.5) is 5.13 Å². The molecule has 0 saturated carbocycles. The molecular formula is C10H16BrN3OS. The van der Waals surface area contributed by atoms with Crippen LogP contribution in [-0.4, -0.2) is 34.9 Å². The van der Waals surface area contributed by atoms with Crippen LogP contribution < -0.4 is 5.32 Å². The van der Waals surface area contributed by atoms with Gasteiger partial charge in [0.1, 0.15) is 10.6 Å². The zero-order valence-electron chi connectivity index (χ0n) is 9.66. The van der Waals surface area contributed by atoms with E-state index in [1.807, 2.05) is 26.2 Å². The molecule has 0 radical (unpaired) electrons. The lowest BCUT2D eigenvalue weighted by Gasteiger charge is -2.23. The number of likely N-dealkylation sites (N-methyl/N-ethyl adjacent to an activating group) is 1. The SMILES string of the molecule is CCN(CC)C(=O)C(C)Nc1nc(Br)cs1. The van der Waals surface area contributed by atoms with Crippen LogP contribution in [0.15, 0.2) is 9.98 Å². The summed E-state index contributed by atoms with van der Waals surface area (Å²) in [5, 5.41) is 5.75. The van der Waals surface area contributed by atoms with Gasteiger partial charge in [-0.05, 0) is 36.7 Å². The van der Waals surface area contributed by atoms with Crippen molar-refractivity contribution < 1.29 is 4.79 Å². The Morgan fingerprint density at radius 3 is 2.69 bits per heavy atom. The van der Waals surface area contributed by atoms with Crippen molar-refractivity contribution in [3.8, 4) is 0 Å². The van der Waals surface area contributed by atoms with Gasteiger partial charge in [0.2, 0.25) is 5.91 Å². The topological polar surface area (TPSA) is 45.2 Å². The van der Waals surface area contributed by atoms with E-state index in [0.717, 1.165) is 22.8 Å². The van der Waals surface area contributed by atoms with E-state index in [1.165, 1.54) is 11.3 Å². The largest absolute Gasteiger partial charge is 0.350 e. The summed E-state index contributed by atoms with van der Waals surface area (Å²) < 4.78 is 0.794. The Bertz CT molecular complexity index is 352. The molecule has 0 aliphatic heterocycles. The van der Waals surface area contributed by atoms with Gasteiger partial charge in [-0.3, -0.25) is 4.79 Å². The number of rotatable bonds is 5. The first-order valence-electron chi connectivity index (χ1n) is 5.24. The van der Waals surface area contributed by atoms with E-state index in [9.17, 15) is 4.79 Å². The second kappa shape index (κ2) is 6.20. The summed E-state index contributed by atoms with van der Waals surface area (Å²) in [7, 11) is 0. The summed E-state index contributed by atoms with van der Waals surface area (Å²) in [5.41, 5.74) is 0. The normalized spacial score (nSPS) is 12.2. The van der Waals surface area contributed by atoms with Gasteiger partial charge in [-0.1, -0.05) is 0 Å². The van der Waals surface area contributed by atoms with Gasteiger partial charge in [0, 0.05) is 18.5 Å². The number of thiazole rings is 1. The number of nitrogens with zero attached hydrogens (tertiary/aromatic N) is 2. The van der Waals surface area contributed by atoms with Gasteiger partial charge >= 0.3 is 0 Å². The number of anilines is 1. The molecule has 16 heavy (non-hydrogen) atoms. The van der Waals surface area contributed by atoms with Crippen LogP contribution in [0, 0.1) is 0 Å². The first-order valence-corrected chi connectivity index (χ1v) is 6.92. The molecule has 0 aliphatic rings. The van der Waals surface area contributed by atoms with Crippen molar-refractivity contribution in [2.24, 2.45) is 0 Å². The Balaban J connectivity index is 2.57. The van der Waals surface area contributed by atoms with Crippen LogP contribution in [-0.2, 0) is 4.79 Å². The molecule has 1 N–H and O–H groups in total. The van der Waals surface area contributed by atoms with Crippen molar-refractivity contribution in [2.75, 3.05) is 18.4 Å². The fraction of sp³-hybridized carbons (Fsp3) is 0.600. The minimum absolute atomic E-state index is 0.108. The predicted molar refractivity (Wildman–Crippen MR) is 70.8 cm³/mol. The second-order valence-corrected chi connectivity index (χ2v) is 5.02. The number of hydrogen-bond donors (Lipinski definition) is 1. The number of carbonyl (C=O) groups excluding carboxylic acids is 1. The Labute approximate surface area is 108 Å². The fourth-order valence-corrected chi connectivity index (χ4v) is 2.61. The highest BCUT2D eigenvalue weighted by molar-refractivity contribution is 9.10. The summed E-state index contributed by atoms with van der Waals surface area (Å²) in [5.74, 6) is 0.108. The molecule has 1 aromatic heterocycles. The molecule has 1 amide bonds. The number of halogens is 1. The Morgan fingerprint density at radius 2 is 2.25 bits per heavy atom. The van der Waals surface area contributed by atoms with Gasteiger partial charge in [-0.2, -0.15) is 0 Å². The fourth-order valence-electron chi connectivity index (χ4n) is 1.38. The molecule has 0 saturated heterocycles. The van der Waals surface area contributed by atoms with Crippen LogP contribution in [0.25, 0.3) is 0 Å². The van der Waals surface area contributed by atoms with E-state index in [4.69, 9.17) is 0 Å². The Kier molecular flexibility index (Phi) is 5.21. The third-order valence-electron chi connectivity index (χ3n) is 2.26. The first-order chi connectivity index (χ1) is 7.58. The number of carbonyl (C=O) groups is 1. The van der Waals surface area contributed by atoms with Gasteiger partial charge in [-0.15, -0.1) is 11.3 Å². The average molecular weight is 306 g/mol. The van der Waals surface area contributed by atoms with Crippen molar-refractivity contribution in [1.29, 1.82) is 0 Å². The lowest BCUT2D eigenvalue weighted by molar-refractivity contribution is -0.131. The second-order valence-electron chi connectivity index (χ2n) is 3.35. The van der Waals surface area contributed by atoms with Crippen LogP contribution >= 0.6 is 27.3 Å². The van der Waals surface area contributed by atoms with Crippen molar-refractivity contribution in [2.45, 2.75) is 26.8 Å². The van der Waals surface area contributed by atoms with Crippen LogP contribution in [0.5, 0.6) is 0 Å². The van der Waals surface area contributed by atoms with Gasteiger partial charge in [0.05, 0.1) is 0 Å². The zero-order chi connectivity index (χ0) is 12.1. The van der Waals surface area contributed by atoms with E-state index >= 15 is 0 Å². The summed E-state index contributed by atoms with van der Waals surface area (Å²) in [6.07, 6.45) is 0. The molecule has 1 aromatic rings. The Morgan fingerprint density at radius 1 is 1.62 bits per heavy atom. The first kappa shape index (κ1) is 13.4. The van der Waals surface area contributed by atoms with Crippen LogP contribution in [0.1, 0.15) is 20.8 Å². The summed E-state index contributed by atoms with van der Waals surface area (Å²) >= 11 is 4.76. The van der Waals surface area contributed by atoms with Gasteiger partial charge in [-0.25, -0.2) is 4.98 Å². The van der Waals surface area contributed by atoms with Gasteiger partial charge in [0.15, 0.2) is 5.13 Å². The smallest absolute Gasteiger partial charge is 0.244 e. The summed E-state index contributed by atoms with van der Waals surface area (Å²) in [4.78, 5) is 17.9. The lowest BCUT2D eigenvalue weighted by Crippen LogP contribution is -2.41. The molecule has 1 heterocycles. The third kappa shape index (κ3) is 3.45. The maximum absolute atomic E-state index is 11.9. The highest BCUT2D eigenvalue weighted by Gasteiger charge is 2.18. The molecule has 4 nitrogen and oxygen atoms in total. The standard InChI is InChI=1S/C10H16BrN3OS/c1-4-14(5-2)9(15)7(3)12-10-13-8(11)6-16-10/h6-7H,4-5H2,1-3H3,(H,12,13). The van der Waals surface area contributed by atoms with Crippen molar-refractivity contribution in [3.63, 3.8) is 0 Å². The van der Waals surface area contributed by atoms with E-state index in [2.05, 4.69) is 26.2 Å². The molecule has 0 aliphatic carbocycles. The number of hydrogen-bond acceptors (Lipinski definition) is 4. The number of amides is 1. The van der Waals surface area contributed by atoms with Gasteiger partial charge < -0.3 is 10.2 Å². The molecule has 0 fully saturated rings. The van der Waals surface area contributed by atoms with E-state index < -0.39 is 0 Å². The minimum atomic E-state index is -0.238. The zero-order valence-corrected chi connectivity index (χ0v) is 12.1. The van der Waals surface area contributed by atoms with Crippen LogP contribution in [0.3, 0.4) is 0 Å². The molecule has 0 spiro atoms. The monoisotopic (exact) mass is 305 g/mol. The van der Waals surface area contributed by atoms with E-state index in [0.29, 0.717) is 0 Å². The van der Waals surface area contributed by atoms with Gasteiger partial charge in [0.25, 0.3) is 0 Å². The molecular weight excluding hydrogens is 290 g/mol. The molecule has 1 rings (SSSR count). The lowest BCUT2D eigenvalue weighted by atomic mass is 10.3. The molecule has 6 heteroatoms. The van der Waals surface area contributed by atoms with Crippen molar-refractivity contribution in [3.05, 3.63) is 9.98 Å². The predicted octanol–water partition coefficient (Wildman–Crippen LogP) is 2.57. The number of nitrogens with one attached hydrogen (secondary N) is 1. The maximum atomic E-state index is 11.9. The van der Waals surface area contributed by atoms with Crippen molar-refractivity contribution >= 4 is 38.3 Å². The number of aromatic nitrogens is 1. The van der Waals surface area contributed by atoms with Crippen LogP contribution in [0.2, 0.25) is 0 Å². The Hall–Kier alpha value is -0.620. The highest BCUT2D eigenvalue weighted by Crippen LogP contribution is 2.20.